The Labute approximate surface area is 451 Å². The highest BCUT2D eigenvalue weighted by atomic mass is 79.9. The predicted molar refractivity (Wildman–Crippen MR) is 297 cm³/mol. The fourth-order valence-corrected chi connectivity index (χ4v) is 12.3. The first kappa shape index (κ1) is 55.0. The Kier molecular flexibility index (Phi) is 21.6. The third-order valence-corrected chi connectivity index (χ3v) is 17.7. The first-order valence-electron chi connectivity index (χ1n) is 25.5. The molecule has 380 valence electrons. The van der Waals surface area contributed by atoms with Gasteiger partial charge in [0.05, 0.1) is 44.7 Å². The van der Waals surface area contributed by atoms with E-state index in [0.29, 0.717) is 69.2 Å². The SMILES string of the molecule is Cl.Clc1cccc(N2CCNCC2)c1Cl.O=C1CCc2ccc(OCC3CCC(CBr)CC3)cc2C1.O=C1CCc2ccc(OCC3CCC(CN4CCN(c5cccc(Cl)c5Cl)CC4)CC3)cc2C1. The van der Waals surface area contributed by atoms with Crippen molar-refractivity contribution in [1.82, 2.24) is 10.2 Å². The van der Waals surface area contributed by atoms with Gasteiger partial charge < -0.3 is 24.6 Å². The van der Waals surface area contributed by atoms with Crippen LogP contribution < -0.4 is 24.6 Å². The highest BCUT2D eigenvalue weighted by molar-refractivity contribution is 9.09. The monoisotopic (exact) mass is 1120 g/mol. The van der Waals surface area contributed by atoms with Crippen LogP contribution >= 0.6 is 74.7 Å². The lowest BCUT2D eigenvalue weighted by molar-refractivity contribution is -0.119. The fourth-order valence-electron chi connectivity index (χ4n) is 10.8. The number of rotatable bonds is 11. The second-order valence-electron chi connectivity index (χ2n) is 20.0. The van der Waals surface area contributed by atoms with E-state index in [1.165, 1.54) is 74.6 Å². The van der Waals surface area contributed by atoms with Gasteiger partial charge in [-0.3, -0.25) is 14.5 Å². The van der Waals surface area contributed by atoms with E-state index in [9.17, 15) is 9.59 Å². The maximum absolute atomic E-state index is 11.8. The quantitative estimate of drug-likeness (QED) is 0.149. The maximum Gasteiger partial charge on any atom is 0.137 e. The highest BCUT2D eigenvalue weighted by Crippen LogP contribution is 2.36. The number of carbonyl (C=O) groups is 2. The number of ketones is 2. The number of piperazine rings is 2. The number of Topliss-reactive ketones (excluding diaryl/α,β-unsaturated/α-hetero) is 2. The number of benzene rings is 4. The molecule has 70 heavy (non-hydrogen) atoms. The lowest BCUT2D eigenvalue weighted by Gasteiger charge is -2.39. The van der Waals surface area contributed by atoms with Crippen molar-refractivity contribution in [1.29, 1.82) is 0 Å². The van der Waals surface area contributed by atoms with Gasteiger partial charge in [0.1, 0.15) is 23.1 Å². The number of fused-ring (bicyclic) bond motifs is 2. The largest absolute Gasteiger partial charge is 0.493 e. The summed E-state index contributed by atoms with van der Waals surface area (Å²) >= 11 is 28.3. The summed E-state index contributed by atoms with van der Waals surface area (Å²) in [5, 5.41) is 7.03. The number of nitrogens with zero attached hydrogens (tertiary/aromatic N) is 3. The minimum atomic E-state index is 0. The lowest BCUT2D eigenvalue weighted by atomic mass is 9.82. The third kappa shape index (κ3) is 15.6. The number of halogens is 6. The molecular formula is C56H70BrCl5N4O4. The number of aryl methyl sites for hydroxylation is 2. The molecule has 0 bridgehead atoms. The molecule has 4 aromatic carbocycles. The molecule has 10 rings (SSSR count). The normalized spacial score (nSPS) is 22.5. The summed E-state index contributed by atoms with van der Waals surface area (Å²) in [5.41, 5.74) is 7.06. The average molecular weight is 1120 g/mol. The van der Waals surface area contributed by atoms with Crippen LogP contribution in [0.4, 0.5) is 11.4 Å². The van der Waals surface area contributed by atoms with Crippen molar-refractivity contribution in [2.75, 3.05) is 87.2 Å². The number of hydrogen-bond acceptors (Lipinski definition) is 8. The number of hydrogen-bond donors (Lipinski definition) is 1. The van der Waals surface area contributed by atoms with E-state index in [4.69, 9.17) is 55.9 Å². The smallest absolute Gasteiger partial charge is 0.137 e. The standard InChI is InChI=1S/C28H34Cl2N2O2.C18H23BrO2.C10H12Cl2N2.ClH/c29-26-2-1-3-27(28(26)30)32-14-12-31(13-15-32)18-20-4-6-21(7-5-20)19-34-25-11-9-22-8-10-24(33)16-23(22)17-25;19-11-13-1-3-14(4-2-13)12-21-18-8-6-15-5-7-17(20)9-16(15)10-18;11-8-2-1-3-9(10(8)12)14-6-4-13-5-7-14;/h1-3,9,11,17,20-21H,4-8,10,12-16,18-19H2;6,8,10,13-14H,1-5,7,9,11-12H2;1-3,13H,4-7H2;1H. The summed E-state index contributed by atoms with van der Waals surface area (Å²) in [5.74, 6) is 5.53. The first-order valence-corrected chi connectivity index (χ1v) is 28.1. The van der Waals surface area contributed by atoms with E-state index in [0.717, 1.165) is 124 Å². The Morgan fingerprint density at radius 1 is 0.529 bits per heavy atom. The number of nitrogens with one attached hydrogen (secondary N) is 1. The molecule has 2 heterocycles. The maximum atomic E-state index is 11.8. The Bertz CT molecular complexity index is 2330. The van der Waals surface area contributed by atoms with Crippen molar-refractivity contribution in [3.63, 3.8) is 0 Å². The zero-order valence-electron chi connectivity index (χ0n) is 40.4. The molecule has 0 unspecified atom stereocenters. The Morgan fingerprint density at radius 2 is 0.971 bits per heavy atom. The molecule has 2 aliphatic heterocycles. The van der Waals surface area contributed by atoms with Gasteiger partial charge in [0.25, 0.3) is 0 Å². The van der Waals surface area contributed by atoms with Gasteiger partial charge in [-0.15, -0.1) is 12.4 Å². The van der Waals surface area contributed by atoms with Crippen molar-refractivity contribution in [2.24, 2.45) is 23.7 Å². The Morgan fingerprint density at radius 3 is 1.44 bits per heavy atom. The van der Waals surface area contributed by atoms with Gasteiger partial charge in [-0.05, 0) is 159 Å². The molecule has 4 aliphatic carbocycles. The summed E-state index contributed by atoms with van der Waals surface area (Å²) in [7, 11) is 0. The molecule has 8 nitrogen and oxygen atoms in total. The number of alkyl halides is 1. The molecule has 0 atom stereocenters. The van der Waals surface area contributed by atoms with Crippen LogP contribution in [0.5, 0.6) is 11.5 Å². The minimum absolute atomic E-state index is 0. The van der Waals surface area contributed by atoms with Crippen LogP contribution in [0, 0.1) is 23.7 Å². The average Bonchev–Trinajstić information content (AvgIpc) is 3.38. The Hall–Kier alpha value is -2.73. The van der Waals surface area contributed by atoms with E-state index < -0.39 is 0 Å². The first-order chi connectivity index (χ1) is 33.6. The summed E-state index contributed by atoms with van der Waals surface area (Å²) in [6, 6.07) is 24.3. The third-order valence-electron chi connectivity index (χ3n) is 15.1. The van der Waals surface area contributed by atoms with E-state index in [-0.39, 0.29) is 12.4 Å². The molecule has 14 heteroatoms. The van der Waals surface area contributed by atoms with E-state index in [2.05, 4.69) is 78.4 Å². The van der Waals surface area contributed by atoms with Crippen LogP contribution in [0.2, 0.25) is 20.1 Å². The fraction of sp³-hybridized carbons (Fsp3) is 0.536. The van der Waals surface area contributed by atoms with Gasteiger partial charge >= 0.3 is 0 Å². The van der Waals surface area contributed by atoms with Crippen molar-refractivity contribution in [3.05, 3.63) is 115 Å². The van der Waals surface area contributed by atoms with E-state index in [1.54, 1.807) is 0 Å². The minimum Gasteiger partial charge on any atom is -0.493 e. The molecule has 2 saturated heterocycles. The zero-order chi connectivity index (χ0) is 48.1. The molecule has 0 radical (unpaired) electrons. The van der Waals surface area contributed by atoms with Gasteiger partial charge in [-0.2, -0.15) is 0 Å². The van der Waals surface area contributed by atoms with Gasteiger partial charge in [0, 0.05) is 89.9 Å². The number of anilines is 2. The number of ether oxygens (including phenoxy) is 2. The molecule has 1 N–H and O–H groups in total. The molecule has 4 fully saturated rings. The van der Waals surface area contributed by atoms with Crippen LogP contribution in [0.25, 0.3) is 0 Å². The molecule has 0 spiro atoms. The van der Waals surface area contributed by atoms with Crippen LogP contribution in [-0.2, 0) is 35.3 Å². The van der Waals surface area contributed by atoms with Crippen molar-refractivity contribution in [2.45, 2.75) is 89.9 Å². The van der Waals surface area contributed by atoms with Gasteiger partial charge in [0.15, 0.2) is 0 Å². The summed E-state index contributed by atoms with van der Waals surface area (Å²) < 4.78 is 12.1. The molecule has 0 aromatic heterocycles. The summed E-state index contributed by atoms with van der Waals surface area (Å²) in [4.78, 5) is 30.6. The second-order valence-corrected chi connectivity index (χ2v) is 22.2. The van der Waals surface area contributed by atoms with Gasteiger partial charge in [0.2, 0.25) is 0 Å². The van der Waals surface area contributed by atoms with Gasteiger partial charge in [-0.1, -0.05) is 86.6 Å². The van der Waals surface area contributed by atoms with E-state index >= 15 is 0 Å². The predicted octanol–water partition coefficient (Wildman–Crippen LogP) is 13.2. The zero-order valence-corrected chi connectivity index (χ0v) is 45.8. The molecule has 4 aromatic rings. The van der Waals surface area contributed by atoms with Crippen molar-refractivity contribution < 1.29 is 19.1 Å². The van der Waals surface area contributed by atoms with Crippen LogP contribution in [-0.4, -0.2) is 93.9 Å². The molecule has 0 amide bonds. The van der Waals surface area contributed by atoms with Crippen LogP contribution in [0.15, 0.2) is 72.8 Å². The summed E-state index contributed by atoms with van der Waals surface area (Å²) in [6.45, 7) is 10.9. The highest BCUT2D eigenvalue weighted by Gasteiger charge is 2.27. The topological polar surface area (TPSA) is 74.3 Å². The molecular weight excluding hydrogens is 1050 g/mol. The molecule has 6 aliphatic rings. The second kappa shape index (κ2) is 27.5. The molecule has 2 saturated carbocycles. The lowest BCUT2D eigenvalue weighted by Crippen LogP contribution is -2.48. The van der Waals surface area contributed by atoms with Crippen LogP contribution in [0.1, 0.15) is 86.5 Å². The van der Waals surface area contributed by atoms with Crippen molar-refractivity contribution in [3.8, 4) is 11.5 Å². The van der Waals surface area contributed by atoms with E-state index in [1.807, 2.05) is 30.3 Å². The summed E-state index contributed by atoms with van der Waals surface area (Å²) in [6.07, 6.45) is 14.5. The number of carbonyl (C=O) groups excluding carboxylic acids is 2. The van der Waals surface area contributed by atoms with Gasteiger partial charge in [-0.25, -0.2) is 0 Å². The van der Waals surface area contributed by atoms with Crippen molar-refractivity contribution >= 4 is 97.7 Å². The van der Waals surface area contributed by atoms with Crippen LogP contribution in [0.3, 0.4) is 0 Å². The Balaban J connectivity index is 0.000000170.